The summed E-state index contributed by atoms with van der Waals surface area (Å²) in [5.41, 5.74) is 1.24. The van der Waals surface area contributed by atoms with Crippen molar-refractivity contribution in [2.75, 3.05) is 11.6 Å². The molecule has 1 heterocycles. The van der Waals surface area contributed by atoms with Crippen LogP contribution in [0.5, 0.6) is 0 Å². The van der Waals surface area contributed by atoms with Gasteiger partial charge < -0.3 is 0 Å². The molecule has 102 valence electrons. The largest absolute Gasteiger partial charge is 0.300 e. The van der Waals surface area contributed by atoms with Crippen LogP contribution >= 0.6 is 0 Å². The Morgan fingerprint density at radius 3 is 2.21 bits per heavy atom. The summed E-state index contributed by atoms with van der Waals surface area (Å²) in [6, 6.07) is 7.82. The van der Waals surface area contributed by atoms with E-state index in [1.165, 1.54) is 0 Å². The summed E-state index contributed by atoms with van der Waals surface area (Å²) in [7, 11) is 0. The number of ketones is 1. The van der Waals surface area contributed by atoms with Gasteiger partial charge in [-0.25, -0.2) is 0 Å². The smallest absolute Gasteiger partial charge is 0.291 e. The van der Waals surface area contributed by atoms with E-state index in [4.69, 9.17) is 0 Å². The average Bonchev–Trinajstić information content (AvgIpc) is 2.59. The number of fused-ring (bicyclic) bond motifs is 1. The molecule has 0 unspecified atom stereocenters. The molecule has 2 rings (SSSR count). The lowest BCUT2D eigenvalue weighted by atomic mass is 10.1. The Morgan fingerprint density at radius 2 is 1.63 bits per heavy atom. The Bertz CT molecular complexity index is 501. The average molecular weight is 260 g/mol. The molecule has 4 heteroatoms. The quantitative estimate of drug-likeness (QED) is 0.780. The van der Waals surface area contributed by atoms with E-state index in [0.29, 0.717) is 24.3 Å². The van der Waals surface area contributed by atoms with E-state index in [-0.39, 0.29) is 0 Å². The van der Waals surface area contributed by atoms with Crippen molar-refractivity contribution in [3.63, 3.8) is 0 Å². The van der Waals surface area contributed by atoms with E-state index in [9.17, 15) is 9.59 Å². The summed E-state index contributed by atoms with van der Waals surface area (Å²) in [5, 5.41) is 0. The van der Waals surface area contributed by atoms with E-state index in [0.717, 1.165) is 5.69 Å². The number of carbonyl (C=O) groups is 2. The van der Waals surface area contributed by atoms with E-state index >= 15 is 0 Å². The molecule has 0 bridgehead atoms. The number of hydrogen-bond acceptors (Lipinski definition) is 3. The van der Waals surface area contributed by atoms with Gasteiger partial charge in [-0.15, -0.1) is 0 Å². The first-order valence-corrected chi connectivity index (χ1v) is 6.64. The Morgan fingerprint density at radius 1 is 1.05 bits per heavy atom. The number of Topliss-reactive ketones (excluding diaryl/α,β-unsaturated/α-hetero) is 1. The molecule has 19 heavy (non-hydrogen) atoms. The van der Waals surface area contributed by atoms with Crippen LogP contribution < -0.4 is 4.90 Å². The van der Waals surface area contributed by atoms with Crippen LogP contribution in [0.25, 0.3) is 0 Å². The molecule has 0 aliphatic carbocycles. The Balaban J connectivity index is 2.31. The molecule has 1 aliphatic heterocycles. The van der Waals surface area contributed by atoms with Gasteiger partial charge in [-0.2, -0.15) is 0 Å². The molecule has 0 N–H and O–H groups in total. The second-order valence-corrected chi connectivity index (χ2v) is 5.42. The third-order valence-electron chi connectivity index (χ3n) is 3.51. The Labute approximate surface area is 114 Å². The van der Waals surface area contributed by atoms with Gasteiger partial charge >= 0.3 is 5.91 Å². The molecule has 1 aliphatic rings. The molecular weight excluding hydrogens is 240 g/mol. The summed E-state index contributed by atoms with van der Waals surface area (Å²) in [4.78, 5) is 27.8. The van der Waals surface area contributed by atoms with Crippen LogP contribution in [-0.2, 0) is 4.79 Å². The lowest BCUT2D eigenvalue weighted by Gasteiger charge is -2.34. The fraction of sp³-hybridized carbons (Fsp3) is 0.467. The van der Waals surface area contributed by atoms with E-state index < -0.39 is 11.7 Å². The molecule has 1 aromatic carbocycles. The number of benzene rings is 1. The first-order chi connectivity index (χ1) is 8.93. The summed E-state index contributed by atoms with van der Waals surface area (Å²) in [5.74, 6) is -0.824. The zero-order valence-corrected chi connectivity index (χ0v) is 11.9. The number of amides is 1. The van der Waals surface area contributed by atoms with E-state index in [1.54, 1.807) is 17.0 Å². The van der Waals surface area contributed by atoms with Gasteiger partial charge in [-0.05, 0) is 39.8 Å². The van der Waals surface area contributed by atoms with Crippen molar-refractivity contribution in [2.45, 2.75) is 39.8 Å². The highest BCUT2D eigenvalue weighted by Crippen LogP contribution is 2.29. The second-order valence-electron chi connectivity index (χ2n) is 5.42. The van der Waals surface area contributed by atoms with Crippen LogP contribution in [0.4, 0.5) is 5.69 Å². The molecule has 4 nitrogen and oxygen atoms in total. The minimum Gasteiger partial charge on any atom is -0.291 e. The maximum absolute atomic E-state index is 12.1. The van der Waals surface area contributed by atoms with E-state index in [1.807, 2.05) is 12.1 Å². The minimum atomic E-state index is -0.424. The number of carbonyl (C=O) groups excluding carboxylic acids is 2. The van der Waals surface area contributed by atoms with Gasteiger partial charge in [0.1, 0.15) is 0 Å². The van der Waals surface area contributed by atoms with Crippen LogP contribution in [0.3, 0.4) is 0 Å². The van der Waals surface area contributed by atoms with Crippen LogP contribution in [0.1, 0.15) is 38.1 Å². The third-order valence-corrected chi connectivity index (χ3v) is 3.51. The monoisotopic (exact) mass is 260 g/mol. The number of para-hydroxylation sites is 1. The highest BCUT2D eigenvalue weighted by atomic mass is 16.2. The van der Waals surface area contributed by atoms with Crippen molar-refractivity contribution in [2.24, 2.45) is 0 Å². The molecule has 0 saturated heterocycles. The lowest BCUT2D eigenvalue weighted by molar-refractivity contribution is -0.114. The van der Waals surface area contributed by atoms with Crippen molar-refractivity contribution in [1.29, 1.82) is 0 Å². The van der Waals surface area contributed by atoms with Crippen molar-refractivity contribution in [1.82, 2.24) is 4.90 Å². The summed E-state index contributed by atoms with van der Waals surface area (Å²) in [6.45, 7) is 8.82. The molecule has 0 fully saturated rings. The molecule has 0 aromatic heterocycles. The van der Waals surface area contributed by atoms with Crippen molar-refractivity contribution in [3.05, 3.63) is 29.8 Å². The van der Waals surface area contributed by atoms with Crippen molar-refractivity contribution >= 4 is 17.4 Å². The predicted octanol–water partition coefficient (Wildman–Crippen LogP) is 2.29. The molecule has 1 amide bonds. The van der Waals surface area contributed by atoms with Crippen molar-refractivity contribution < 1.29 is 9.59 Å². The topological polar surface area (TPSA) is 40.6 Å². The van der Waals surface area contributed by atoms with Crippen molar-refractivity contribution in [3.8, 4) is 0 Å². The molecule has 0 saturated carbocycles. The van der Waals surface area contributed by atoms with Gasteiger partial charge in [0.2, 0.25) is 0 Å². The van der Waals surface area contributed by atoms with Crippen LogP contribution in [0, 0.1) is 0 Å². The number of rotatable bonds is 4. The fourth-order valence-corrected chi connectivity index (χ4v) is 2.47. The van der Waals surface area contributed by atoms with Crippen LogP contribution in [0.15, 0.2) is 24.3 Å². The number of nitrogens with zero attached hydrogens (tertiary/aromatic N) is 2. The first-order valence-electron chi connectivity index (χ1n) is 6.64. The molecule has 1 aromatic rings. The standard InChI is InChI=1S/C15H20N2O2/c1-10(2)16(11(3)4)9-17-13-8-6-5-7-12(13)14(18)15(17)19/h5-8,10-11H,9H2,1-4H3. The minimum absolute atomic E-state index is 0.315. The first kappa shape index (κ1) is 13.7. The van der Waals surface area contributed by atoms with Gasteiger partial charge in [0.05, 0.1) is 17.9 Å². The molecule has 0 spiro atoms. The summed E-state index contributed by atoms with van der Waals surface area (Å²) < 4.78 is 0. The number of anilines is 1. The highest BCUT2D eigenvalue weighted by Gasteiger charge is 2.36. The lowest BCUT2D eigenvalue weighted by Crippen LogP contribution is -2.47. The van der Waals surface area contributed by atoms with E-state index in [2.05, 4.69) is 32.6 Å². The summed E-state index contributed by atoms with van der Waals surface area (Å²) >= 11 is 0. The third kappa shape index (κ3) is 2.40. The zero-order chi connectivity index (χ0) is 14.2. The SMILES string of the molecule is CC(C)N(CN1C(=O)C(=O)c2ccccc21)C(C)C. The molecular formula is C15H20N2O2. The maximum atomic E-state index is 12.1. The molecule has 0 radical (unpaired) electrons. The highest BCUT2D eigenvalue weighted by molar-refractivity contribution is 6.52. The summed E-state index contributed by atoms with van der Waals surface area (Å²) in [6.07, 6.45) is 0. The van der Waals surface area contributed by atoms with Gasteiger partial charge in [-0.3, -0.25) is 19.4 Å². The predicted molar refractivity (Wildman–Crippen MR) is 75.2 cm³/mol. The molecule has 0 atom stereocenters. The van der Waals surface area contributed by atoms with Gasteiger partial charge in [0, 0.05) is 12.1 Å². The second kappa shape index (κ2) is 5.13. The van der Waals surface area contributed by atoms with Gasteiger partial charge in [0.15, 0.2) is 0 Å². The number of hydrogen-bond donors (Lipinski definition) is 0. The fourth-order valence-electron chi connectivity index (χ4n) is 2.47. The van der Waals surface area contributed by atoms with Gasteiger partial charge in [0.25, 0.3) is 5.78 Å². The maximum Gasteiger partial charge on any atom is 0.300 e. The van der Waals surface area contributed by atoms with Crippen LogP contribution in [0.2, 0.25) is 0 Å². The zero-order valence-electron chi connectivity index (χ0n) is 11.9. The van der Waals surface area contributed by atoms with Crippen LogP contribution in [-0.4, -0.2) is 35.3 Å². The Kier molecular flexibility index (Phi) is 3.71. The van der Waals surface area contributed by atoms with Gasteiger partial charge in [-0.1, -0.05) is 12.1 Å². The Hall–Kier alpha value is -1.68. The normalized spacial score (nSPS) is 15.0.